The molecule has 4 aromatic carbocycles. The summed E-state index contributed by atoms with van der Waals surface area (Å²) in [6.07, 6.45) is 0.987. The Morgan fingerprint density at radius 2 is 0.676 bits per heavy atom. The number of halogens is 4. The molecule has 0 fully saturated rings. The predicted molar refractivity (Wildman–Crippen MR) is 162 cm³/mol. The zero-order chi connectivity index (χ0) is 25.5. The molecule has 2 heterocycles. The highest BCUT2D eigenvalue weighted by molar-refractivity contribution is 6.19. The van der Waals surface area contributed by atoms with Gasteiger partial charge in [-0.1, -0.05) is 24.3 Å². The number of aromatic nitrogens is 2. The SMILES string of the molecule is ClCc1ccc2c(c1)c1cc(CCl)ccc1n2CCCn1c2ccc(CCl)cc2c2cc(CCl)ccc21. The fourth-order valence-corrected chi connectivity index (χ4v) is 6.26. The van der Waals surface area contributed by atoms with Gasteiger partial charge in [0.15, 0.2) is 0 Å². The molecule has 2 nitrogen and oxygen atoms in total. The summed E-state index contributed by atoms with van der Waals surface area (Å²) in [5.74, 6) is 2.01. The molecule has 0 N–H and O–H groups in total. The lowest BCUT2D eigenvalue weighted by Gasteiger charge is -2.11. The molecule has 0 radical (unpaired) electrons. The lowest BCUT2D eigenvalue weighted by atomic mass is 10.1. The Morgan fingerprint density at radius 1 is 0.405 bits per heavy atom. The molecule has 0 saturated carbocycles. The quantitative estimate of drug-likeness (QED) is 0.162. The lowest BCUT2D eigenvalue weighted by molar-refractivity contribution is 0.603. The molecule has 37 heavy (non-hydrogen) atoms. The number of alkyl halides is 4. The molecule has 0 aliphatic heterocycles. The van der Waals surface area contributed by atoms with Gasteiger partial charge in [0, 0.05) is 80.2 Å². The normalized spacial score (nSPS) is 12.0. The summed E-state index contributed by atoms with van der Waals surface area (Å²) in [5.41, 5.74) is 9.44. The maximum absolute atomic E-state index is 6.17. The van der Waals surface area contributed by atoms with E-state index in [0.29, 0.717) is 23.5 Å². The standard InChI is InChI=1S/C31H26Cl4N2/c32-16-20-2-6-28-24(12-20)25-13-21(17-33)3-7-29(25)36(28)10-1-11-37-30-8-4-22(18-34)14-26(30)27-15-23(19-35)5-9-31(27)37/h2-9,12-15H,1,10-11,16-19H2. The minimum Gasteiger partial charge on any atom is -0.340 e. The van der Waals surface area contributed by atoms with E-state index in [-0.39, 0.29) is 0 Å². The van der Waals surface area contributed by atoms with Crippen LogP contribution in [0.4, 0.5) is 0 Å². The van der Waals surface area contributed by atoms with Gasteiger partial charge in [0.2, 0.25) is 0 Å². The van der Waals surface area contributed by atoms with Crippen molar-refractivity contribution in [1.29, 1.82) is 0 Å². The number of rotatable bonds is 8. The van der Waals surface area contributed by atoms with Crippen LogP contribution in [-0.2, 0) is 36.6 Å². The number of benzene rings is 4. The van der Waals surface area contributed by atoms with Crippen LogP contribution in [-0.4, -0.2) is 9.13 Å². The maximum atomic E-state index is 6.17. The van der Waals surface area contributed by atoms with Crippen LogP contribution >= 0.6 is 46.4 Å². The van der Waals surface area contributed by atoms with Crippen LogP contribution in [0.15, 0.2) is 72.8 Å². The van der Waals surface area contributed by atoms with Gasteiger partial charge in [-0.3, -0.25) is 0 Å². The summed E-state index contributed by atoms with van der Waals surface area (Å²) in [4.78, 5) is 0. The fourth-order valence-electron chi connectivity index (χ4n) is 5.60. The summed E-state index contributed by atoms with van der Waals surface area (Å²) in [7, 11) is 0. The Kier molecular flexibility index (Phi) is 7.03. The van der Waals surface area contributed by atoms with Crippen molar-refractivity contribution in [2.24, 2.45) is 0 Å². The van der Waals surface area contributed by atoms with Crippen LogP contribution in [0.25, 0.3) is 43.6 Å². The Balaban J connectivity index is 1.40. The predicted octanol–water partition coefficient (Wildman–Crippen LogP) is 9.95. The highest BCUT2D eigenvalue weighted by Crippen LogP contribution is 2.34. The summed E-state index contributed by atoms with van der Waals surface area (Å²) in [6, 6.07) is 26.2. The van der Waals surface area contributed by atoms with E-state index in [1.54, 1.807) is 0 Å². The van der Waals surface area contributed by atoms with Crippen LogP contribution in [0.5, 0.6) is 0 Å². The van der Waals surface area contributed by atoms with Gasteiger partial charge in [-0.15, -0.1) is 46.4 Å². The molecule has 0 amide bonds. The van der Waals surface area contributed by atoms with Crippen LogP contribution in [0.1, 0.15) is 28.7 Å². The molecule has 0 aliphatic carbocycles. The Morgan fingerprint density at radius 3 is 0.919 bits per heavy atom. The van der Waals surface area contributed by atoms with E-state index in [9.17, 15) is 0 Å². The molecule has 0 saturated heterocycles. The second kappa shape index (κ2) is 10.4. The first kappa shape index (κ1) is 24.9. The van der Waals surface area contributed by atoms with Gasteiger partial charge in [-0.05, 0) is 77.2 Å². The summed E-state index contributed by atoms with van der Waals surface area (Å²) in [5, 5.41) is 4.94. The molecule has 0 bridgehead atoms. The Hall–Kier alpha value is -2.36. The van der Waals surface area contributed by atoms with E-state index in [2.05, 4.69) is 81.9 Å². The molecule has 2 aromatic heterocycles. The largest absolute Gasteiger partial charge is 0.340 e. The molecule has 0 spiro atoms. The Bertz CT molecular complexity index is 1510. The van der Waals surface area contributed by atoms with Crippen LogP contribution < -0.4 is 0 Å². The van der Waals surface area contributed by atoms with Gasteiger partial charge in [0.25, 0.3) is 0 Å². The molecular formula is C31H26Cl4N2. The first-order valence-corrected chi connectivity index (χ1v) is 14.6. The zero-order valence-electron chi connectivity index (χ0n) is 20.3. The third-order valence-electron chi connectivity index (χ3n) is 7.37. The molecule has 6 rings (SSSR count). The van der Waals surface area contributed by atoms with Crippen LogP contribution in [0.3, 0.4) is 0 Å². The first-order valence-electron chi connectivity index (χ1n) is 12.5. The molecule has 6 heteroatoms. The third kappa shape index (κ3) is 4.38. The second-order valence-corrected chi connectivity index (χ2v) is 10.7. The van der Waals surface area contributed by atoms with Crippen molar-refractivity contribution in [2.45, 2.75) is 43.0 Å². The van der Waals surface area contributed by atoms with Gasteiger partial charge in [-0.25, -0.2) is 0 Å². The molecule has 0 unspecified atom stereocenters. The lowest BCUT2D eigenvalue weighted by Crippen LogP contribution is -2.04. The zero-order valence-corrected chi connectivity index (χ0v) is 23.3. The van der Waals surface area contributed by atoms with E-state index in [0.717, 1.165) is 41.8 Å². The average molecular weight is 568 g/mol. The molecule has 188 valence electrons. The number of hydrogen-bond acceptors (Lipinski definition) is 0. The smallest absolute Gasteiger partial charge is 0.0491 e. The summed E-state index contributed by atoms with van der Waals surface area (Å²) in [6.45, 7) is 1.81. The minimum atomic E-state index is 0.502. The minimum absolute atomic E-state index is 0.502. The first-order chi connectivity index (χ1) is 18.1. The molecule has 6 aromatic rings. The summed E-state index contributed by atoms with van der Waals surface area (Å²) < 4.78 is 4.87. The van der Waals surface area contributed by atoms with E-state index < -0.39 is 0 Å². The number of nitrogens with zero attached hydrogens (tertiary/aromatic N) is 2. The fraction of sp³-hybridized carbons (Fsp3) is 0.226. The molecule has 0 aliphatic rings. The van der Waals surface area contributed by atoms with Gasteiger partial charge < -0.3 is 9.13 Å². The van der Waals surface area contributed by atoms with E-state index >= 15 is 0 Å². The van der Waals surface area contributed by atoms with Crippen molar-refractivity contribution in [3.05, 3.63) is 95.1 Å². The van der Waals surface area contributed by atoms with Crippen molar-refractivity contribution >= 4 is 90.0 Å². The molecular weight excluding hydrogens is 542 g/mol. The van der Waals surface area contributed by atoms with Gasteiger partial charge in [0.05, 0.1) is 0 Å². The van der Waals surface area contributed by atoms with Crippen LogP contribution in [0.2, 0.25) is 0 Å². The van der Waals surface area contributed by atoms with Crippen molar-refractivity contribution in [2.75, 3.05) is 0 Å². The van der Waals surface area contributed by atoms with Crippen molar-refractivity contribution < 1.29 is 0 Å². The summed E-state index contributed by atoms with van der Waals surface area (Å²) >= 11 is 24.7. The van der Waals surface area contributed by atoms with E-state index in [1.165, 1.54) is 43.6 Å². The Labute approximate surface area is 236 Å². The van der Waals surface area contributed by atoms with Crippen molar-refractivity contribution in [3.63, 3.8) is 0 Å². The second-order valence-electron chi connectivity index (χ2n) is 9.60. The van der Waals surface area contributed by atoms with Gasteiger partial charge in [0.1, 0.15) is 0 Å². The van der Waals surface area contributed by atoms with Crippen LogP contribution in [0, 0.1) is 0 Å². The van der Waals surface area contributed by atoms with Crippen molar-refractivity contribution in [1.82, 2.24) is 9.13 Å². The highest BCUT2D eigenvalue weighted by atomic mass is 35.5. The van der Waals surface area contributed by atoms with Gasteiger partial charge in [-0.2, -0.15) is 0 Å². The van der Waals surface area contributed by atoms with Crippen molar-refractivity contribution in [3.8, 4) is 0 Å². The number of fused-ring (bicyclic) bond motifs is 6. The van der Waals surface area contributed by atoms with E-state index in [4.69, 9.17) is 46.4 Å². The molecule has 0 atom stereocenters. The number of hydrogen-bond donors (Lipinski definition) is 0. The van der Waals surface area contributed by atoms with Gasteiger partial charge >= 0.3 is 0 Å². The number of aryl methyl sites for hydroxylation is 2. The highest BCUT2D eigenvalue weighted by Gasteiger charge is 2.15. The maximum Gasteiger partial charge on any atom is 0.0491 e. The average Bonchev–Trinajstić information content (AvgIpc) is 3.43. The topological polar surface area (TPSA) is 9.86 Å². The van der Waals surface area contributed by atoms with E-state index in [1.807, 2.05) is 0 Å². The monoisotopic (exact) mass is 566 g/mol. The third-order valence-corrected chi connectivity index (χ3v) is 8.60.